The Morgan fingerprint density at radius 3 is 1.38 bits per heavy atom. The molecule has 0 saturated heterocycles. The number of unbranched alkanes of at least 4 members (excludes halogenated alkanes) is 21. The third kappa shape index (κ3) is 39.1. The SMILES string of the molecule is CCCCC/C=C\C/C=C\CCCCCCCCCC(=O)OC[C@H](COP(=O)(O)O)OC(=O)CCCCCCCCC/C=C\CCCCCC. The fraction of sp³-hybridized carbons (Fsp3) is 0.805. The van der Waals surface area contributed by atoms with Gasteiger partial charge in [-0.15, -0.1) is 0 Å². The summed E-state index contributed by atoms with van der Waals surface area (Å²) in [6, 6.07) is 0. The molecule has 0 rings (SSSR count). The number of hydrogen-bond donors (Lipinski definition) is 2. The van der Waals surface area contributed by atoms with Crippen LogP contribution >= 0.6 is 7.82 Å². The number of phosphoric acid groups is 1. The number of hydrogen-bond acceptors (Lipinski definition) is 6. The predicted molar refractivity (Wildman–Crippen MR) is 207 cm³/mol. The molecule has 1 atom stereocenters. The normalized spacial score (nSPS) is 12.8. The summed E-state index contributed by atoms with van der Waals surface area (Å²) in [6.45, 7) is 3.64. The van der Waals surface area contributed by atoms with Crippen molar-refractivity contribution in [1.29, 1.82) is 0 Å². The van der Waals surface area contributed by atoms with Gasteiger partial charge in [-0.3, -0.25) is 14.1 Å². The molecule has 0 saturated carbocycles. The van der Waals surface area contributed by atoms with E-state index in [1.165, 1.54) is 96.3 Å². The highest BCUT2D eigenvalue weighted by atomic mass is 31.2. The van der Waals surface area contributed by atoms with Crippen molar-refractivity contribution in [3.05, 3.63) is 36.5 Å². The molecule has 0 aromatic rings. The van der Waals surface area contributed by atoms with Crippen LogP contribution in [-0.2, 0) is 28.2 Å². The Hall–Kier alpha value is -1.73. The van der Waals surface area contributed by atoms with Crippen molar-refractivity contribution in [1.82, 2.24) is 0 Å². The van der Waals surface area contributed by atoms with Gasteiger partial charge in [0.2, 0.25) is 0 Å². The van der Waals surface area contributed by atoms with Gasteiger partial charge in [-0.25, -0.2) is 4.57 Å². The molecule has 50 heavy (non-hydrogen) atoms. The summed E-state index contributed by atoms with van der Waals surface area (Å²) in [5, 5.41) is 0. The van der Waals surface area contributed by atoms with Crippen molar-refractivity contribution in [3.8, 4) is 0 Å². The molecular weight excluding hydrogens is 651 g/mol. The Labute approximate surface area is 306 Å². The molecule has 0 fully saturated rings. The van der Waals surface area contributed by atoms with Crippen LogP contribution in [-0.4, -0.2) is 41.0 Å². The van der Waals surface area contributed by atoms with Crippen molar-refractivity contribution >= 4 is 19.8 Å². The van der Waals surface area contributed by atoms with Crippen LogP contribution in [0.25, 0.3) is 0 Å². The third-order valence-corrected chi connectivity index (χ3v) is 9.12. The molecule has 0 aliphatic rings. The van der Waals surface area contributed by atoms with Gasteiger partial charge in [-0.2, -0.15) is 0 Å². The lowest BCUT2D eigenvalue weighted by atomic mass is 10.1. The number of phosphoric ester groups is 1. The fourth-order valence-corrected chi connectivity index (χ4v) is 5.93. The highest BCUT2D eigenvalue weighted by molar-refractivity contribution is 7.46. The van der Waals surface area contributed by atoms with Crippen LogP contribution in [0, 0.1) is 0 Å². The van der Waals surface area contributed by atoms with E-state index in [1.807, 2.05) is 0 Å². The molecule has 0 heterocycles. The molecule has 0 unspecified atom stereocenters. The molecule has 2 N–H and O–H groups in total. The predicted octanol–water partition coefficient (Wildman–Crippen LogP) is 12.2. The average Bonchev–Trinajstić information content (AvgIpc) is 3.08. The molecule has 0 bridgehead atoms. The number of esters is 2. The van der Waals surface area contributed by atoms with Gasteiger partial charge in [0.1, 0.15) is 6.61 Å². The largest absolute Gasteiger partial charge is 0.469 e. The maximum absolute atomic E-state index is 12.4. The smallest absolute Gasteiger partial charge is 0.462 e. The standard InChI is InChI=1S/C41H75O8P/c1-3-5-7-9-11-13-15-17-19-20-22-23-25-27-29-31-33-35-40(42)47-37-39(38-48-50(44,45)46)49-41(43)36-34-32-30-28-26-24-21-18-16-14-12-10-8-6-4-2/h11,13-14,16-17,19,39H,3-10,12,15,18,20-38H2,1-2H3,(H2,44,45,46)/b13-11-,16-14-,19-17-/t39-/m1/s1. The Morgan fingerprint density at radius 2 is 0.900 bits per heavy atom. The Kier molecular flexibility index (Phi) is 35.8. The minimum atomic E-state index is -4.75. The quantitative estimate of drug-likeness (QED) is 0.0281. The molecule has 0 aromatic heterocycles. The number of carbonyl (C=O) groups is 2. The van der Waals surface area contributed by atoms with Crippen LogP contribution in [0.15, 0.2) is 36.5 Å². The zero-order chi connectivity index (χ0) is 36.8. The van der Waals surface area contributed by atoms with Crippen molar-refractivity contribution in [3.63, 3.8) is 0 Å². The average molecular weight is 727 g/mol. The van der Waals surface area contributed by atoms with Crippen LogP contribution in [0.1, 0.15) is 194 Å². The zero-order valence-electron chi connectivity index (χ0n) is 32.0. The molecule has 9 heteroatoms. The van der Waals surface area contributed by atoms with E-state index in [1.54, 1.807) is 0 Å². The summed E-state index contributed by atoms with van der Waals surface area (Å²) < 4.78 is 26.4. The summed E-state index contributed by atoms with van der Waals surface area (Å²) in [5.74, 6) is -0.897. The highest BCUT2D eigenvalue weighted by Gasteiger charge is 2.22. The Balaban J connectivity index is 3.94. The summed E-state index contributed by atoms with van der Waals surface area (Å²) in [5.41, 5.74) is 0. The van der Waals surface area contributed by atoms with Crippen molar-refractivity contribution in [2.75, 3.05) is 13.2 Å². The maximum Gasteiger partial charge on any atom is 0.469 e. The van der Waals surface area contributed by atoms with E-state index >= 15 is 0 Å². The Morgan fingerprint density at radius 1 is 0.520 bits per heavy atom. The molecule has 0 aliphatic heterocycles. The van der Waals surface area contributed by atoms with E-state index in [2.05, 4.69) is 54.8 Å². The van der Waals surface area contributed by atoms with E-state index in [4.69, 9.17) is 19.3 Å². The number of rotatable bonds is 37. The monoisotopic (exact) mass is 727 g/mol. The molecule has 8 nitrogen and oxygen atoms in total. The topological polar surface area (TPSA) is 119 Å². The molecule has 0 amide bonds. The van der Waals surface area contributed by atoms with Gasteiger partial charge in [0.15, 0.2) is 6.10 Å². The second-order valence-corrected chi connectivity index (χ2v) is 14.8. The van der Waals surface area contributed by atoms with Crippen LogP contribution < -0.4 is 0 Å². The summed E-state index contributed by atoms with van der Waals surface area (Å²) in [4.78, 5) is 42.8. The van der Waals surface area contributed by atoms with E-state index in [-0.39, 0.29) is 19.4 Å². The zero-order valence-corrected chi connectivity index (χ0v) is 32.9. The van der Waals surface area contributed by atoms with Gasteiger partial charge < -0.3 is 19.3 Å². The molecule has 0 spiro atoms. The number of allylic oxidation sites excluding steroid dienone is 6. The van der Waals surface area contributed by atoms with Crippen LogP contribution in [0.3, 0.4) is 0 Å². The minimum absolute atomic E-state index is 0.205. The first-order chi connectivity index (χ1) is 24.3. The van der Waals surface area contributed by atoms with Crippen molar-refractivity contribution < 1.29 is 37.9 Å². The van der Waals surface area contributed by atoms with E-state index < -0.39 is 32.5 Å². The second kappa shape index (κ2) is 37.0. The molecular formula is C41H75O8P. The van der Waals surface area contributed by atoms with Gasteiger partial charge in [0, 0.05) is 12.8 Å². The first kappa shape index (κ1) is 48.3. The molecule has 292 valence electrons. The lowest BCUT2D eigenvalue weighted by Gasteiger charge is -2.18. The van der Waals surface area contributed by atoms with Gasteiger partial charge in [0.05, 0.1) is 6.61 Å². The fourth-order valence-electron chi connectivity index (χ4n) is 5.57. The Bertz CT molecular complexity index is 910. The maximum atomic E-state index is 12.4. The summed E-state index contributed by atoms with van der Waals surface area (Å²) in [7, 11) is -4.75. The number of ether oxygens (including phenoxy) is 2. The molecule has 0 aromatic carbocycles. The second-order valence-electron chi connectivity index (χ2n) is 13.6. The van der Waals surface area contributed by atoms with E-state index in [0.717, 1.165) is 57.8 Å². The third-order valence-electron chi connectivity index (χ3n) is 8.63. The lowest BCUT2D eigenvalue weighted by Crippen LogP contribution is -2.29. The van der Waals surface area contributed by atoms with Gasteiger partial charge in [-0.1, -0.05) is 147 Å². The van der Waals surface area contributed by atoms with Crippen molar-refractivity contribution in [2.45, 2.75) is 200 Å². The summed E-state index contributed by atoms with van der Waals surface area (Å²) in [6.07, 6.45) is 42.8. The first-order valence-corrected chi connectivity index (χ1v) is 21.8. The van der Waals surface area contributed by atoms with Crippen molar-refractivity contribution in [2.24, 2.45) is 0 Å². The van der Waals surface area contributed by atoms with Gasteiger partial charge >= 0.3 is 19.8 Å². The number of carbonyl (C=O) groups excluding carboxylic acids is 2. The van der Waals surface area contributed by atoms with E-state index in [0.29, 0.717) is 12.8 Å². The molecule has 0 radical (unpaired) electrons. The van der Waals surface area contributed by atoms with Gasteiger partial charge in [-0.05, 0) is 70.6 Å². The van der Waals surface area contributed by atoms with E-state index in [9.17, 15) is 14.2 Å². The lowest BCUT2D eigenvalue weighted by molar-refractivity contribution is -0.161. The van der Waals surface area contributed by atoms with Crippen LogP contribution in [0.4, 0.5) is 0 Å². The highest BCUT2D eigenvalue weighted by Crippen LogP contribution is 2.36. The van der Waals surface area contributed by atoms with Gasteiger partial charge in [0.25, 0.3) is 0 Å². The first-order valence-electron chi connectivity index (χ1n) is 20.3. The summed E-state index contributed by atoms with van der Waals surface area (Å²) >= 11 is 0. The molecule has 0 aliphatic carbocycles. The minimum Gasteiger partial charge on any atom is -0.462 e. The van der Waals surface area contributed by atoms with Crippen LogP contribution in [0.2, 0.25) is 0 Å². The van der Waals surface area contributed by atoms with Crippen LogP contribution in [0.5, 0.6) is 0 Å².